The van der Waals surface area contributed by atoms with Gasteiger partial charge in [-0.25, -0.2) is 4.39 Å². The Morgan fingerprint density at radius 1 is 1.25 bits per heavy atom. The molecule has 1 heterocycles. The maximum absolute atomic E-state index is 14.0. The van der Waals surface area contributed by atoms with Gasteiger partial charge in [0.05, 0.1) is 0 Å². The SMILES string of the molecule is CC1Cc2ccccc2N(Cc2ccc(N)cc2F)C1. The second-order valence-electron chi connectivity index (χ2n) is 5.67. The van der Waals surface area contributed by atoms with Gasteiger partial charge in [0.2, 0.25) is 0 Å². The summed E-state index contributed by atoms with van der Waals surface area (Å²) in [6, 6.07) is 13.3. The molecule has 1 aliphatic rings. The molecule has 1 unspecified atom stereocenters. The largest absolute Gasteiger partial charge is 0.399 e. The van der Waals surface area contributed by atoms with Crippen LogP contribution in [0.3, 0.4) is 0 Å². The number of fused-ring (bicyclic) bond motifs is 1. The third-order valence-electron chi connectivity index (χ3n) is 3.87. The molecule has 104 valence electrons. The minimum atomic E-state index is -0.222. The van der Waals surface area contributed by atoms with Crippen molar-refractivity contribution in [3.63, 3.8) is 0 Å². The van der Waals surface area contributed by atoms with Crippen LogP contribution in [0.4, 0.5) is 15.8 Å². The molecular formula is C17H19FN2. The minimum Gasteiger partial charge on any atom is -0.399 e. The summed E-state index contributed by atoms with van der Waals surface area (Å²) in [4.78, 5) is 2.26. The summed E-state index contributed by atoms with van der Waals surface area (Å²) in [7, 11) is 0. The maximum Gasteiger partial charge on any atom is 0.130 e. The van der Waals surface area contributed by atoms with E-state index in [1.807, 2.05) is 6.07 Å². The first-order chi connectivity index (χ1) is 9.63. The van der Waals surface area contributed by atoms with Crippen molar-refractivity contribution in [3.05, 3.63) is 59.4 Å². The molecule has 2 aromatic rings. The Balaban J connectivity index is 1.91. The lowest BCUT2D eigenvalue weighted by atomic mass is 9.93. The molecule has 1 aliphatic heterocycles. The Morgan fingerprint density at radius 3 is 2.85 bits per heavy atom. The van der Waals surface area contributed by atoms with Crippen LogP contribution < -0.4 is 10.6 Å². The van der Waals surface area contributed by atoms with Crippen molar-refractivity contribution < 1.29 is 4.39 Å². The van der Waals surface area contributed by atoms with Crippen LogP contribution in [-0.4, -0.2) is 6.54 Å². The Kier molecular flexibility index (Phi) is 3.35. The van der Waals surface area contributed by atoms with Crippen molar-refractivity contribution >= 4 is 11.4 Å². The van der Waals surface area contributed by atoms with Crippen LogP contribution in [0.25, 0.3) is 0 Å². The summed E-state index contributed by atoms with van der Waals surface area (Å²) in [5, 5.41) is 0. The highest BCUT2D eigenvalue weighted by Crippen LogP contribution is 2.31. The van der Waals surface area contributed by atoms with Crippen molar-refractivity contribution in [1.29, 1.82) is 0 Å². The highest BCUT2D eigenvalue weighted by atomic mass is 19.1. The number of hydrogen-bond donors (Lipinski definition) is 1. The Labute approximate surface area is 119 Å². The number of para-hydroxylation sites is 1. The minimum absolute atomic E-state index is 0.222. The summed E-state index contributed by atoms with van der Waals surface area (Å²) in [5.41, 5.74) is 9.35. The zero-order chi connectivity index (χ0) is 14.1. The number of nitrogens with two attached hydrogens (primary N) is 1. The third kappa shape index (κ3) is 2.48. The first-order valence-corrected chi connectivity index (χ1v) is 7.00. The molecule has 2 nitrogen and oxygen atoms in total. The predicted molar refractivity (Wildman–Crippen MR) is 81.2 cm³/mol. The lowest BCUT2D eigenvalue weighted by Crippen LogP contribution is -2.34. The molecule has 3 rings (SSSR count). The number of halogens is 1. The average Bonchev–Trinajstić information content (AvgIpc) is 2.41. The number of nitrogen functional groups attached to an aromatic ring is 1. The number of hydrogen-bond acceptors (Lipinski definition) is 2. The van der Waals surface area contributed by atoms with E-state index in [1.54, 1.807) is 12.1 Å². The van der Waals surface area contributed by atoms with Gasteiger partial charge >= 0.3 is 0 Å². The van der Waals surface area contributed by atoms with E-state index in [0.29, 0.717) is 23.7 Å². The maximum atomic E-state index is 14.0. The second kappa shape index (κ2) is 5.16. The van der Waals surface area contributed by atoms with Crippen molar-refractivity contribution in [3.8, 4) is 0 Å². The van der Waals surface area contributed by atoms with E-state index in [2.05, 4.69) is 30.0 Å². The van der Waals surface area contributed by atoms with Crippen LogP contribution in [0.15, 0.2) is 42.5 Å². The third-order valence-corrected chi connectivity index (χ3v) is 3.87. The van der Waals surface area contributed by atoms with Gasteiger partial charge in [-0.15, -0.1) is 0 Å². The van der Waals surface area contributed by atoms with Crippen molar-refractivity contribution in [2.24, 2.45) is 5.92 Å². The van der Waals surface area contributed by atoms with Crippen LogP contribution in [0, 0.1) is 11.7 Å². The quantitative estimate of drug-likeness (QED) is 0.845. The van der Waals surface area contributed by atoms with Crippen LogP contribution in [0.5, 0.6) is 0 Å². The predicted octanol–water partition coefficient (Wildman–Crippen LogP) is 3.61. The molecule has 0 spiro atoms. The summed E-state index contributed by atoms with van der Waals surface area (Å²) >= 11 is 0. The van der Waals surface area contributed by atoms with Gasteiger partial charge in [-0.05, 0) is 36.1 Å². The fourth-order valence-corrected chi connectivity index (χ4v) is 2.95. The van der Waals surface area contributed by atoms with Gasteiger partial charge in [0.15, 0.2) is 0 Å². The number of benzene rings is 2. The first kappa shape index (κ1) is 13.0. The molecule has 0 amide bonds. The summed E-state index contributed by atoms with van der Waals surface area (Å²) in [5.74, 6) is 0.363. The fourth-order valence-electron chi connectivity index (χ4n) is 2.95. The fraction of sp³-hybridized carbons (Fsp3) is 0.294. The van der Waals surface area contributed by atoms with Crippen LogP contribution in [0.2, 0.25) is 0 Å². The lowest BCUT2D eigenvalue weighted by molar-refractivity contribution is 0.523. The standard InChI is InChI=1S/C17H19FN2/c1-12-8-13-4-2-3-5-17(13)20(10-12)11-14-6-7-15(19)9-16(14)18/h2-7,9,12H,8,10-11,19H2,1H3. The zero-order valence-electron chi connectivity index (χ0n) is 11.6. The molecule has 0 saturated heterocycles. The molecule has 0 saturated carbocycles. The van der Waals surface area contributed by atoms with Gasteiger partial charge in [-0.3, -0.25) is 0 Å². The molecule has 20 heavy (non-hydrogen) atoms. The van der Waals surface area contributed by atoms with Gasteiger partial charge in [0.25, 0.3) is 0 Å². The zero-order valence-corrected chi connectivity index (χ0v) is 11.6. The van der Waals surface area contributed by atoms with E-state index in [-0.39, 0.29) is 5.82 Å². The highest BCUT2D eigenvalue weighted by molar-refractivity contribution is 5.56. The van der Waals surface area contributed by atoms with Crippen LogP contribution >= 0.6 is 0 Å². The monoisotopic (exact) mass is 270 g/mol. The molecule has 0 bridgehead atoms. The van der Waals surface area contributed by atoms with E-state index < -0.39 is 0 Å². The number of rotatable bonds is 2. The average molecular weight is 270 g/mol. The molecular weight excluding hydrogens is 251 g/mol. The topological polar surface area (TPSA) is 29.3 Å². The Hall–Kier alpha value is -2.03. The Bertz CT molecular complexity index is 624. The molecule has 0 fully saturated rings. The van der Waals surface area contributed by atoms with Gasteiger partial charge in [0, 0.05) is 30.0 Å². The van der Waals surface area contributed by atoms with Crippen molar-refractivity contribution in [2.75, 3.05) is 17.2 Å². The van der Waals surface area contributed by atoms with Gasteiger partial charge in [-0.2, -0.15) is 0 Å². The van der Waals surface area contributed by atoms with E-state index >= 15 is 0 Å². The van der Waals surface area contributed by atoms with Gasteiger partial charge in [-0.1, -0.05) is 31.2 Å². The number of anilines is 2. The molecule has 1 atom stereocenters. The summed E-state index contributed by atoms with van der Waals surface area (Å²) in [6.07, 6.45) is 1.09. The number of nitrogens with zero attached hydrogens (tertiary/aromatic N) is 1. The molecule has 0 aliphatic carbocycles. The normalized spacial score (nSPS) is 17.9. The summed E-state index contributed by atoms with van der Waals surface area (Å²) in [6.45, 7) is 3.79. The summed E-state index contributed by atoms with van der Waals surface area (Å²) < 4.78 is 14.0. The smallest absolute Gasteiger partial charge is 0.130 e. The van der Waals surface area contributed by atoms with Gasteiger partial charge in [0.1, 0.15) is 5.82 Å². The highest BCUT2D eigenvalue weighted by Gasteiger charge is 2.22. The van der Waals surface area contributed by atoms with E-state index in [1.165, 1.54) is 17.3 Å². The molecule has 0 radical (unpaired) electrons. The molecule has 3 heteroatoms. The van der Waals surface area contributed by atoms with Crippen LogP contribution in [0.1, 0.15) is 18.1 Å². The first-order valence-electron chi connectivity index (χ1n) is 7.00. The van der Waals surface area contributed by atoms with Gasteiger partial charge < -0.3 is 10.6 Å². The van der Waals surface area contributed by atoms with E-state index in [4.69, 9.17) is 5.73 Å². The molecule has 2 aromatic carbocycles. The van der Waals surface area contributed by atoms with E-state index in [0.717, 1.165) is 13.0 Å². The second-order valence-corrected chi connectivity index (χ2v) is 5.67. The Morgan fingerprint density at radius 2 is 2.05 bits per heavy atom. The molecule has 2 N–H and O–H groups in total. The molecule has 0 aromatic heterocycles. The van der Waals surface area contributed by atoms with Crippen molar-refractivity contribution in [1.82, 2.24) is 0 Å². The van der Waals surface area contributed by atoms with Crippen molar-refractivity contribution in [2.45, 2.75) is 19.9 Å². The lowest BCUT2D eigenvalue weighted by Gasteiger charge is -2.35. The van der Waals surface area contributed by atoms with Crippen LogP contribution in [-0.2, 0) is 13.0 Å². The van der Waals surface area contributed by atoms with E-state index in [9.17, 15) is 4.39 Å².